The lowest BCUT2D eigenvalue weighted by Gasteiger charge is -2.30. The van der Waals surface area contributed by atoms with Crippen molar-refractivity contribution in [3.05, 3.63) is 128 Å². The number of imide groups is 2. The van der Waals surface area contributed by atoms with Gasteiger partial charge in [-0.2, -0.15) is 0 Å². The predicted molar refractivity (Wildman–Crippen MR) is 204 cm³/mol. The number of benzene rings is 6. The minimum Gasteiger partial charge on any atom is -0.268 e. The molecule has 2 aromatic heterocycles. The number of nitrogens with zero attached hydrogens (tertiary/aromatic N) is 4. The number of anilines is 2. The summed E-state index contributed by atoms with van der Waals surface area (Å²) in [6.45, 7) is 11.7. The van der Waals surface area contributed by atoms with Gasteiger partial charge < -0.3 is 0 Å². The molecule has 4 amide bonds. The van der Waals surface area contributed by atoms with Crippen LogP contribution in [0.15, 0.2) is 72.8 Å². The number of hydrogen-bond acceptors (Lipinski definition) is 6. The van der Waals surface area contributed by atoms with Gasteiger partial charge in [0.15, 0.2) is 0 Å². The monoisotopic (exact) mass is 678 g/mol. The molecule has 0 atom stereocenters. The van der Waals surface area contributed by atoms with Gasteiger partial charge >= 0.3 is 0 Å². The smallest absolute Gasteiger partial charge is 0.266 e. The third kappa shape index (κ3) is 3.70. The van der Waals surface area contributed by atoms with Gasteiger partial charge in [0.25, 0.3) is 23.6 Å². The van der Waals surface area contributed by atoms with E-state index in [0.717, 1.165) is 44.2 Å². The zero-order valence-electron chi connectivity index (χ0n) is 29.4. The lowest BCUT2D eigenvalue weighted by atomic mass is 9.88. The average Bonchev–Trinajstić information content (AvgIpc) is 3.10. The summed E-state index contributed by atoms with van der Waals surface area (Å²) in [7, 11) is 0. The molecule has 0 radical (unpaired) electrons. The van der Waals surface area contributed by atoms with Crippen LogP contribution in [0.4, 0.5) is 11.4 Å². The van der Waals surface area contributed by atoms with E-state index in [1.54, 1.807) is 24.3 Å². The second kappa shape index (κ2) is 10.0. The number of carbonyl (C=O) groups is 4. The first-order valence-electron chi connectivity index (χ1n) is 17.3. The van der Waals surface area contributed by atoms with Gasteiger partial charge in [-0.15, -0.1) is 0 Å². The summed E-state index contributed by atoms with van der Waals surface area (Å²) in [5, 5.41) is 4.08. The molecule has 10 rings (SSSR count). The van der Waals surface area contributed by atoms with E-state index < -0.39 is 0 Å². The summed E-state index contributed by atoms with van der Waals surface area (Å²) in [4.78, 5) is 69.7. The molecular formula is C44H30N4O4. The van der Waals surface area contributed by atoms with Gasteiger partial charge in [0, 0.05) is 54.6 Å². The summed E-state index contributed by atoms with van der Waals surface area (Å²) in [6.07, 6.45) is 0. The maximum atomic E-state index is 14.2. The number of carbonyl (C=O) groups excluding carboxylic acids is 4. The molecule has 0 saturated heterocycles. The van der Waals surface area contributed by atoms with Gasteiger partial charge in [-0.05, 0) is 100 Å². The number of aromatic nitrogens is 2. The van der Waals surface area contributed by atoms with Crippen LogP contribution in [0.25, 0.3) is 54.4 Å². The Kier molecular flexibility index (Phi) is 5.85. The quantitative estimate of drug-likeness (QED) is 0.103. The third-order valence-electron chi connectivity index (χ3n) is 10.9. The highest BCUT2D eigenvalue weighted by Gasteiger charge is 2.39. The van der Waals surface area contributed by atoms with Gasteiger partial charge in [-0.3, -0.25) is 19.2 Å². The van der Waals surface area contributed by atoms with Crippen molar-refractivity contribution in [1.29, 1.82) is 0 Å². The van der Waals surface area contributed by atoms with Crippen LogP contribution in [0.1, 0.15) is 74.8 Å². The molecule has 0 unspecified atom stereocenters. The Morgan fingerprint density at radius 2 is 0.712 bits per heavy atom. The van der Waals surface area contributed by atoms with Crippen LogP contribution >= 0.6 is 0 Å². The molecule has 0 aliphatic carbocycles. The van der Waals surface area contributed by atoms with Gasteiger partial charge in [0.1, 0.15) is 0 Å². The molecule has 0 bridgehead atoms. The Balaban J connectivity index is 1.20. The first-order valence-corrected chi connectivity index (χ1v) is 17.3. The zero-order valence-corrected chi connectivity index (χ0v) is 29.4. The van der Waals surface area contributed by atoms with Crippen molar-refractivity contribution in [3.63, 3.8) is 0 Å². The highest BCUT2D eigenvalue weighted by Crippen LogP contribution is 2.45. The third-order valence-corrected chi connectivity index (χ3v) is 10.9. The molecule has 52 heavy (non-hydrogen) atoms. The normalized spacial score (nSPS) is 14.4. The molecule has 8 aromatic rings. The Bertz CT molecular complexity index is 2770. The van der Waals surface area contributed by atoms with Crippen molar-refractivity contribution in [2.45, 2.75) is 41.5 Å². The van der Waals surface area contributed by atoms with E-state index >= 15 is 0 Å². The first kappa shape index (κ1) is 30.3. The number of rotatable bonds is 2. The van der Waals surface area contributed by atoms with Crippen LogP contribution in [0.5, 0.6) is 0 Å². The summed E-state index contributed by atoms with van der Waals surface area (Å²) in [6, 6.07) is 22.5. The Morgan fingerprint density at radius 1 is 0.404 bits per heavy atom. The molecule has 0 spiro atoms. The molecule has 8 nitrogen and oxygen atoms in total. The van der Waals surface area contributed by atoms with Gasteiger partial charge in [0.05, 0.1) is 33.4 Å². The van der Waals surface area contributed by atoms with E-state index in [9.17, 15) is 19.2 Å². The zero-order chi connectivity index (χ0) is 36.1. The lowest BCUT2D eigenvalue weighted by Crippen LogP contribution is -2.41. The van der Waals surface area contributed by atoms with Crippen LogP contribution in [0, 0.1) is 41.5 Å². The topological polar surface area (TPSA) is 101 Å². The van der Waals surface area contributed by atoms with E-state index in [-0.39, 0.29) is 23.6 Å². The maximum absolute atomic E-state index is 14.2. The van der Waals surface area contributed by atoms with Crippen LogP contribution in [0.3, 0.4) is 0 Å². The van der Waals surface area contributed by atoms with Gasteiger partial charge in [-0.1, -0.05) is 47.5 Å². The molecule has 0 saturated carbocycles. The number of aryl methyl sites for hydroxylation is 6. The Hall–Kier alpha value is -6.54. The molecule has 6 aromatic carbocycles. The number of fused-ring (bicyclic) bond motifs is 3. The first-order chi connectivity index (χ1) is 24.9. The van der Waals surface area contributed by atoms with E-state index in [4.69, 9.17) is 9.97 Å². The van der Waals surface area contributed by atoms with Crippen molar-refractivity contribution >= 4 is 89.4 Å². The fourth-order valence-corrected chi connectivity index (χ4v) is 9.09. The summed E-state index contributed by atoms with van der Waals surface area (Å²) >= 11 is 0. The van der Waals surface area contributed by atoms with E-state index in [2.05, 4.69) is 0 Å². The van der Waals surface area contributed by atoms with Crippen LogP contribution < -0.4 is 9.80 Å². The van der Waals surface area contributed by atoms with E-state index in [0.29, 0.717) is 77.2 Å². The van der Waals surface area contributed by atoms with Crippen molar-refractivity contribution < 1.29 is 19.2 Å². The minimum atomic E-state index is -0.374. The maximum Gasteiger partial charge on any atom is 0.266 e. The second-order valence-electron chi connectivity index (χ2n) is 14.4. The predicted octanol–water partition coefficient (Wildman–Crippen LogP) is 9.13. The van der Waals surface area contributed by atoms with Crippen LogP contribution in [0.2, 0.25) is 0 Å². The number of amides is 4. The van der Waals surface area contributed by atoms with Crippen molar-refractivity contribution in [2.75, 3.05) is 9.80 Å². The highest BCUT2D eigenvalue weighted by molar-refractivity contribution is 6.42. The standard InChI is InChI=1S/C44H30N4O4/c1-19-15-21(3)39(22(4)16-19)47-41(49)27-9-7-25-35-31(13-11-29(33(27)35)43(47)51)45-38-26-8-10-28-34-30(12-14-32(36(26)34)46-37(25)38)44(52)48(42(28)50)40-23(5)17-20(2)18-24(40)6/h7-18H,1-6H3. The van der Waals surface area contributed by atoms with Gasteiger partial charge in [0.2, 0.25) is 0 Å². The van der Waals surface area contributed by atoms with Gasteiger partial charge in [-0.25, -0.2) is 19.8 Å². The summed E-state index contributed by atoms with van der Waals surface area (Å²) < 4.78 is 0. The van der Waals surface area contributed by atoms with Crippen molar-refractivity contribution in [2.24, 2.45) is 0 Å². The van der Waals surface area contributed by atoms with Crippen molar-refractivity contribution in [1.82, 2.24) is 9.97 Å². The summed E-state index contributed by atoms with van der Waals surface area (Å²) in [5.74, 6) is -1.50. The minimum absolute atomic E-state index is 0.374. The molecule has 4 heterocycles. The Morgan fingerprint density at radius 3 is 1.04 bits per heavy atom. The molecule has 8 heteroatoms. The largest absolute Gasteiger partial charge is 0.268 e. The second-order valence-corrected chi connectivity index (χ2v) is 14.4. The molecule has 0 N–H and O–H groups in total. The number of pyridine rings is 2. The lowest BCUT2D eigenvalue weighted by molar-refractivity contribution is 0.0877. The molecule has 2 aliphatic rings. The van der Waals surface area contributed by atoms with E-state index in [1.807, 2.05) is 90.1 Å². The van der Waals surface area contributed by atoms with Crippen LogP contribution in [-0.2, 0) is 0 Å². The Labute approximate surface area is 297 Å². The molecule has 250 valence electrons. The SMILES string of the molecule is Cc1cc(C)c(N2C(=O)c3ccc4nc5c6ccc7c8c(ccc(nc5c5ccc(c3c45)C2=O)c86)C(=O)N(c2c(C)cc(C)cc2C)C7=O)c(C)c1. The molecular weight excluding hydrogens is 649 g/mol. The highest BCUT2D eigenvalue weighted by atomic mass is 16.2. The fraction of sp³-hybridized carbons (Fsp3) is 0.136. The van der Waals surface area contributed by atoms with E-state index in [1.165, 1.54) is 9.80 Å². The number of hydrogen-bond donors (Lipinski definition) is 0. The fourth-order valence-electron chi connectivity index (χ4n) is 9.09. The van der Waals surface area contributed by atoms with Crippen LogP contribution in [-0.4, -0.2) is 33.6 Å². The van der Waals surface area contributed by atoms with Crippen molar-refractivity contribution in [3.8, 4) is 0 Å². The molecule has 0 fully saturated rings. The average molecular weight is 679 g/mol. The summed E-state index contributed by atoms with van der Waals surface area (Å²) in [5.41, 5.74) is 11.0. The molecule has 2 aliphatic heterocycles.